The Bertz CT molecular complexity index is 1170. The second-order valence-electron chi connectivity index (χ2n) is 13.0. The number of ether oxygens (including phenoxy) is 2. The second kappa shape index (κ2) is 19.7. The maximum absolute atomic E-state index is 12.3. The molecule has 1 heterocycles. The number of allylic oxidation sites excluding steroid dienone is 1. The van der Waals surface area contributed by atoms with Gasteiger partial charge in [-0.05, 0) is 94.5 Å². The zero-order valence-corrected chi connectivity index (χ0v) is 28.1. The van der Waals surface area contributed by atoms with Crippen LogP contribution in [0.5, 0.6) is 0 Å². The number of rotatable bonds is 13. The van der Waals surface area contributed by atoms with E-state index >= 15 is 0 Å². The van der Waals surface area contributed by atoms with Gasteiger partial charge in [-0.15, -0.1) is 0 Å². The second-order valence-corrected chi connectivity index (χ2v) is 13.0. The first-order valence-corrected chi connectivity index (χ1v) is 16.6. The van der Waals surface area contributed by atoms with Gasteiger partial charge in [0.05, 0.1) is 17.9 Å². The van der Waals surface area contributed by atoms with Crippen molar-refractivity contribution in [2.24, 2.45) is 0 Å². The summed E-state index contributed by atoms with van der Waals surface area (Å²) >= 11 is 0. The van der Waals surface area contributed by atoms with Crippen LogP contribution in [0.3, 0.4) is 0 Å². The quantitative estimate of drug-likeness (QED) is 0.171. The lowest BCUT2D eigenvalue weighted by molar-refractivity contribution is -0.107. The Morgan fingerprint density at radius 3 is 2.16 bits per heavy atom. The third-order valence-corrected chi connectivity index (χ3v) is 7.75. The zero-order valence-electron chi connectivity index (χ0n) is 28.1. The fourth-order valence-corrected chi connectivity index (χ4v) is 5.04. The number of amides is 1. The molecule has 1 aliphatic heterocycles. The van der Waals surface area contributed by atoms with Crippen LogP contribution in [0.25, 0.3) is 0 Å². The van der Waals surface area contributed by atoms with Crippen LogP contribution in [-0.4, -0.2) is 41.7 Å². The van der Waals surface area contributed by atoms with E-state index < -0.39 is 17.7 Å². The van der Waals surface area contributed by atoms with Crippen LogP contribution in [-0.2, 0) is 20.7 Å². The molecule has 4 rings (SSSR count). The van der Waals surface area contributed by atoms with Crippen LogP contribution >= 0.6 is 0 Å². The molecule has 2 N–H and O–H groups in total. The highest BCUT2D eigenvalue weighted by Crippen LogP contribution is 2.40. The Balaban J connectivity index is 0.000000385. The average molecular weight is 622 g/mol. The van der Waals surface area contributed by atoms with E-state index in [-0.39, 0.29) is 17.5 Å². The number of nitrogens with one attached hydrogen (secondary N) is 1. The number of unbranched alkanes of at least 4 members (excludes halogenated alkanes) is 5. The summed E-state index contributed by atoms with van der Waals surface area (Å²) in [4.78, 5) is 33.3. The minimum absolute atomic E-state index is 0.0291. The van der Waals surface area contributed by atoms with E-state index in [9.17, 15) is 14.4 Å². The Morgan fingerprint density at radius 1 is 1.04 bits per heavy atom. The molecule has 1 aliphatic carbocycles. The smallest absolute Gasteiger partial charge is 0.407 e. The number of carboxylic acids is 1. The van der Waals surface area contributed by atoms with Crippen molar-refractivity contribution in [3.8, 4) is 0 Å². The normalized spacial score (nSPS) is 15.3. The number of hydrogen-bond acceptors (Lipinski definition) is 5. The molecule has 7 heteroatoms. The largest absolute Gasteiger partial charge is 0.499 e. The van der Waals surface area contributed by atoms with Crippen LogP contribution < -0.4 is 5.32 Å². The molecule has 45 heavy (non-hydrogen) atoms. The third kappa shape index (κ3) is 15.8. The molecule has 0 bridgehead atoms. The molecule has 0 aromatic heterocycles. The van der Waals surface area contributed by atoms with E-state index in [0.29, 0.717) is 12.3 Å². The molecule has 1 saturated heterocycles. The molecule has 1 amide bonds. The molecule has 2 fully saturated rings. The van der Waals surface area contributed by atoms with Gasteiger partial charge < -0.3 is 24.7 Å². The van der Waals surface area contributed by atoms with Gasteiger partial charge in [0.2, 0.25) is 0 Å². The molecule has 7 nitrogen and oxygen atoms in total. The van der Waals surface area contributed by atoms with Gasteiger partial charge in [0.25, 0.3) is 0 Å². The molecule has 2 aliphatic rings. The van der Waals surface area contributed by atoms with E-state index in [1.54, 1.807) is 12.1 Å². The summed E-state index contributed by atoms with van der Waals surface area (Å²) in [6.07, 6.45) is 13.0. The summed E-state index contributed by atoms with van der Waals surface area (Å²) < 4.78 is 10.4. The maximum Gasteiger partial charge on any atom is 0.407 e. The fraction of sp³-hybridized carbons (Fsp3) is 0.553. The van der Waals surface area contributed by atoms with E-state index in [1.165, 1.54) is 50.5 Å². The van der Waals surface area contributed by atoms with Gasteiger partial charge in [0.15, 0.2) is 0 Å². The van der Waals surface area contributed by atoms with Gasteiger partial charge in [-0.1, -0.05) is 75.6 Å². The van der Waals surface area contributed by atoms with Gasteiger partial charge in [0, 0.05) is 24.8 Å². The minimum atomic E-state index is -0.936. The molecule has 2 aromatic carbocycles. The van der Waals surface area contributed by atoms with Crippen LogP contribution in [0.1, 0.15) is 138 Å². The maximum atomic E-state index is 12.3. The predicted octanol–water partition coefficient (Wildman–Crippen LogP) is 9.36. The number of aromatic carboxylic acids is 1. The zero-order chi connectivity index (χ0) is 33.2. The van der Waals surface area contributed by atoms with Gasteiger partial charge >= 0.3 is 12.1 Å². The summed E-state index contributed by atoms with van der Waals surface area (Å²) in [6, 6.07) is 15.4. The van der Waals surface area contributed by atoms with E-state index in [0.717, 1.165) is 49.0 Å². The molecule has 1 saturated carbocycles. The predicted molar refractivity (Wildman–Crippen MR) is 181 cm³/mol. The first-order chi connectivity index (χ1) is 21.4. The number of alkyl carbamates (subject to hydrolysis) is 1. The van der Waals surface area contributed by atoms with Crippen molar-refractivity contribution in [3.63, 3.8) is 0 Å². The number of carboxylic acid groups (broad SMARTS) is 1. The van der Waals surface area contributed by atoms with E-state index in [4.69, 9.17) is 14.6 Å². The van der Waals surface area contributed by atoms with Crippen LogP contribution in [0, 0.1) is 0 Å². The summed E-state index contributed by atoms with van der Waals surface area (Å²) in [6.45, 7) is 14.2. The highest BCUT2D eigenvalue weighted by Gasteiger charge is 2.26. The molecule has 2 atom stereocenters. The van der Waals surface area contributed by atoms with Crippen molar-refractivity contribution in [1.29, 1.82) is 0 Å². The lowest BCUT2D eigenvalue weighted by Crippen LogP contribution is -2.41. The summed E-state index contributed by atoms with van der Waals surface area (Å²) in [5.41, 5.74) is 3.25. The third-order valence-electron chi connectivity index (χ3n) is 7.75. The van der Waals surface area contributed by atoms with Gasteiger partial charge in [0.1, 0.15) is 11.9 Å². The summed E-state index contributed by atoms with van der Waals surface area (Å²) in [7, 11) is 0. The van der Waals surface area contributed by atoms with Gasteiger partial charge in [-0.3, -0.25) is 0 Å². The molecule has 248 valence electrons. The number of carbonyl (C=O) groups excluding carboxylic acids is 2. The van der Waals surface area contributed by atoms with Crippen molar-refractivity contribution >= 4 is 18.3 Å². The number of aldehydes is 1. The summed E-state index contributed by atoms with van der Waals surface area (Å²) in [5, 5.41) is 12.1. The summed E-state index contributed by atoms with van der Waals surface area (Å²) in [5.74, 6) is 0.739. The van der Waals surface area contributed by atoms with Crippen molar-refractivity contribution < 1.29 is 29.0 Å². The molecule has 1 unspecified atom stereocenters. The van der Waals surface area contributed by atoms with E-state index in [2.05, 4.69) is 43.1 Å². The van der Waals surface area contributed by atoms with E-state index in [1.807, 2.05) is 39.8 Å². The SMILES string of the molecule is C=C1CCCO1.CC(NC(=O)OC(C)(C)C)[C@H](Cc1ccc(C(=O)O)cc1)c1ccc(C2CC2)cc1.CCCCCCCC=O. The minimum Gasteiger partial charge on any atom is -0.499 e. The molecule has 0 spiro atoms. The monoisotopic (exact) mass is 621 g/mol. The standard InChI is InChI=1S/C25H31NO4.C8H16O.C5H8O/c1-16(26-24(29)30-25(2,3)4)22(15-17-5-7-21(8-6-17)23(27)28)20-13-11-19(12-14-20)18-9-10-18;1-2-3-4-5-6-7-8-9;1-5-3-2-4-6-5/h5-8,11-14,16,18,22H,9-10,15H2,1-4H3,(H,26,29)(H,27,28);8H,2-7H2,1H3;1-4H2/t16?,22-;;/m0../s1. The fourth-order valence-electron chi connectivity index (χ4n) is 5.04. The first-order valence-electron chi connectivity index (χ1n) is 16.6. The highest BCUT2D eigenvalue weighted by molar-refractivity contribution is 5.87. The highest BCUT2D eigenvalue weighted by atomic mass is 16.6. The van der Waals surface area contributed by atoms with Crippen molar-refractivity contribution in [2.45, 2.75) is 129 Å². The Labute approximate surface area is 270 Å². The Hall–Kier alpha value is -3.61. The molecule has 0 radical (unpaired) electrons. The lowest BCUT2D eigenvalue weighted by atomic mass is 9.86. The average Bonchev–Trinajstić information content (AvgIpc) is 3.74. The molecular weight excluding hydrogens is 566 g/mol. The van der Waals surface area contributed by atoms with Crippen LogP contribution in [0.2, 0.25) is 0 Å². The van der Waals surface area contributed by atoms with Gasteiger partial charge in [-0.25, -0.2) is 9.59 Å². The van der Waals surface area contributed by atoms with Crippen LogP contribution in [0.4, 0.5) is 4.79 Å². The Morgan fingerprint density at radius 2 is 1.69 bits per heavy atom. The van der Waals surface area contributed by atoms with Crippen molar-refractivity contribution in [3.05, 3.63) is 83.1 Å². The first kappa shape index (κ1) is 37.6. The van der Waals surface area contributed by atoms with Gasteiger partial charge in [-0.2, -0.15) is 0 Å². The lowest BCUT2D eigenvalue weighted by Gasteiger charge is -2.28. The van der Waals surface area contributed by atoms with Crippen molar-refractivity contribution in [1.82, 2.24) is 5.32 Å². The molecular formula is C38H55NO6. The molecule has 2 aromatic rings. The number of carbonyl (C=O) groups is 3. The number of benzene rings is 2. The number of hydrogen-bond donors (Lipinski definition) is 2. The van der Waals surface area contributed by atoms with Crippen LogP contribution in [0.15, 0.2) is 60.9 Å². The van der Waals surface area contributed by atoms with Crippen molar-refractivity contribution in [2.75, 3.05) is 6.61 Å². The topological polar surface area (TPSA) is 102 Å². The Kier molecular flexibility index (Phi) is 16.5.